The maximum absolute atomic E-state index is 6.08. The molecule has 0 N–H and O–H groups in total. The molecule has 0 atom stereocenters. The van der Waals surface area contributed by atoms with Crippen LogP contribution < -0.4 is 0 Å². The van der Waals surface area contributed by atoms with E-state index in [4.69, 9.17) is 23.2 Å². The number of hydrogen-bond donors (Lipinski definition) is 0. The van der Waals surface area contributed by atoms with Crippen molar-refractivity contribution in [2.45, 2.75) is 32.7 Å². The SMILES string of the molecule is Cc1nc(Cl)c(Cl)n1CCN1CCCCC1. The average Bonchev–Trinajstić information content (AvgIpc) is 2.53. The molecule has 1 aromatic heterocycles. The Balaban J connectivity index is 1.93. The molecule has 16 heavy (non-hydrogen) atoms. The van der Waals surface area contributed by atoms with E-state index in [1.807, 2.05) is 11.5 Å². The highest BCUT2D eigenvalue weighted by Crippen LogP contribution is 2.22. The van der Waals surface area contributed by atoms with Crippen LogP contribution in [0.3, 0.4) is 0 Å². The van der Waals surface area contributed by atoms with Gasteiger partial charge in [-0.25, -0.2) is 4.98 Å². The lowest BCUT2D eigenvalue weighted by atomic mass is 10.1. The fourth-order valence-electron chi connectivity index (χ4n) is 2.19. The minimum absolute atomic E-state index is 0.415. The number of halogens is 2. The molecule has 3 nitrogen and oxygen atoms in total. The van der Waals surface area contributed by atoms with Crippen molar-refractivity contribution in [3.8, 4) is 0 Å². The van der Waals surface area contributed by atoms with Gasteiger partial charge >= 0.3 is 0 Å². The molecule has 0 unspecified atom stereocenters. The normalized spacial score (nSPS) is 17.9. The quantitative estimate of drug-likeness (QED) is 0.835. The predicted octanol–water partition coefficient (Wildman–Crippen LogP) is 2.98. The fraction of sp³-hybridized carbons (Fsp3) is 0.727. The summed E-state index contributed by atoms with van der Waals surface area (Å²) in [5, 5.41) is 0.981. The van der Waals surface area contributed by atoms with Gasteiger partial charge in [-0.2, -0.15) is 0 Å². The second kappa shape index (κ2) is 5.39. The van der Waals surface area contributed by atoms with Crippen molar-refractivity contribution in [2.75, 3.05) is 19.6 Å². The summed E-state index contributed by atoms with van der Waals surface area (Å²) in [6.07, 6.45) is 4.00. The zero-order valence-electron chi connectivity index (χ0n) is 9.55. The van der Waals surface area contributed by atoms with Gasteiger partial charge in [0.1, 0.15) is 11.0 Å². The highest BCUT2D eigenvalue weighted by atomic mass is 35.5. The minimum Gasteiger partial charge on any atom is -0.317 e. The first-order valence-electron chi connectivity index (χ1n) is 5.79. The van der Waals surface area contributed by atoms with Gasteiger partial charge in [-0.1, -0.05) is 29.6 Å². The van der Waals surface area contributed by atoms with Gasteiger partial charge in [0.15, 0.2) is 5.15 Å². The van der Waals surface area contributed by atoms with Gasteiger partial charge in [-0.15, -0.1) is 0 Å². The van der Waals surface area contributed by atoms with E-state index >= 15 is 0 Å². The van der Waals surface area contributed by atoms with Crippen LogP contribution in [0.5, 0.6) is 0 Å². The molecule has 90 valence electrons. The molecule has 0 bridgehead atoms. The molecule has 1 fully saturated rings. The first-order valence-corrected chi connectivity index (χ1v) is 6.54. The highest BCUT2D eigenvalue weighted by Gasteiger charge is 2.13. The van der Waals surface area contributed by atoms with Crippen LogP contribution in [0.4, 0.5) is 0 Å². The van der Waals surface area contributed by atoms with Crippen LogP contribution in [0, 0.1) is 6.92 Å². The van der Waals surface area contributed by atoms with E-state index in [1.54, 1.807) is 0 Å². The molecular weight excluding hydrogens is 245 g/mol. The summed E-state index contributed by atoms with van der Waals surface area (Å²) in [5.41, 5.74) is 0. The minimum atomic E-state index is 0.415. The van der Waals surface area contributed by atoms with E-state index in [0.29, 0.717) is 10.3 Å². The van der Waals surface area contributed by atoms with Gasteiger partial charge in [-0.3, -0.25) is 0 Å². The maximum Gasteiger partial charge on any atom is 0.166 e. The number of aryl methyl sites for hydroxylation is 1. The second-order valence-corrected chi connectivity index (χ2v) is 5.01. The van der Waals surface area contributed by atoms with Crippen LogP contribution in [0.2, 0.25) is 10.3 Å². The average molecular weight is 262 g/mol. The fourth-order valence-corrected chi connectivity index (χ4v) is 2.66. The number of rotatable bonds is 3. The Morgan fingerprint density at radius 2 is 1.81 bits per heavy atom. The van der Waals surface area contributed by atoms with Crippen LogP contribution in [0.1, 0.15) is 25.1 Å². The zero-order valence-corrected chi connectivity index (χ0v) is 11.1. The Hall–Kier alpha value is -0.250. The third-order valence-electron chi connectivity index (χ3n) is 3.15. The number of nitrogens with zero attached hydrogens (tertiary/aromatic N) is 3. The maximum atomic E-state index is 6.08. The first kappa shape index (κ1) is 12.2. The number of hydrogen-bond acceptors (Lipinski definition) is 2. The van der Waals surface area contributed by atoms with Crippen molar-refractivity contribution < 1.29 is 0 Å². The summed E-state index contributed by atoms with van der Waals surface area (Å²) >= 11 is 12.0. The van der Waals surface area contributed by atoms with Gasteiger partial charge in [0.2, 0.25) is 0 Å². The van der Waals surface area contributed by atoms with Crippen LogP contribution in [0.25, 0.3) is 0 Å². The molecule has 1 aliphatic rings. The molecule has 0 aromatic carbocycles. The molecule has 0 radical (unpaired) electrons. The number of aromatic nitrogens is 2. The number of imidazole rings is 1. The molecule has 0 amide bonds. The monoisotopic (exact) mass is 261 g/mol. The molecule has 0 aliphatic carbocycles. The topological polar surface area (TPSA) is 21.1 Å². The van der Waals surface area contributed by atoms with Crippen LogP contribution >= 0.6 is 23.2 Å². The predicted molar refractivity (Wildman–Crippen MR) is 67.3 cm³/mol. The van der Waals surface area contributed by atoms with Gasteiger partial charge in [-0.05, 0) is 32.9 Å². The number of likely N-dealkylation sites (tertiary alicyclic amines) is 1. The lowest BCUT2D eigenvalue weighted by Crippen LogP contribution is -2.32. The summed E-state index contributed by atoms with van der Waals surface area (Å²) in [4.78, 5) is 6.63. The van der Waals surface area contributed by atoms with Crippen LogP contribution in [-0.4, -0.2) is 34.1 Å². The van der Waals surface area contributed by atoms with Gasteiger partial charge in [0, 0.05) is 13.1 Å². The van der Waals surface area contributed by atoms with Crippen LogP contribution in [-0.2, 0) is 6.54 Å². The van der Waals surface area contributed by atoms with E-state index in [0.717, 1.165) is 18.9 Å². The van der Waals surface area contributed by atoms with Crippen molar-refractivity contribution in [2.24, 2.45) is 0 Å². The summed E-state index contributed by atoms with van der Waals surface area (Å²) in [7, 11) is 0. The largest absolute Gasteiger partial charge is 0.317 e. The van der Waals surface area contributed by atoms with E-state index < -0.39 is 0 Å². The Labute approximate surface area is 106 Å². The standard InChI is InChI=1S/C11H17Cl2N3/c1-9-14-10(12)11(13)16(9)8-7-15-5-3-2-4-6-15/h2-8H2,1H3. The Kier molecular flexibility index (Phi) is 4.11. The summed E-state index contributed by atoms with van der Waals surface area (Å²) in [6, 6.07) is 0. The van der Waals surface area contributed by atoms with E-state index in [1.165, 1.54) is 32.4 Å². The Morgan fingerprint density at radius 1 is 1.12 bits per heavy atom. The third-order valence-corrected chi connectivity index (χ3v) is 3.89. The van der Waals surface area contributed by atoms with Gasteiger partial charge in [0.25, 0.3) is 0 Å². The Bertz CT molecular complexity index is 356. The van der Waals surface area contributed by atoms with Crippen molar-refractivity contribution in [1.29, 1.82) is 0 Å². The molecule has 0 saturated carbocycles. The first-order chi connectivity index (χ1) is 7.68. The second-order valence-electron chi connectivity index (χ2n) is 4.29. The molecule has 1 aromatic rings. The van der Waals surface area contributed by atoms with Crippen molar-refractivity contribution in [3.05, 3.63) is 16.1 Å². The lowest BCUT2D eigenvalue weighted by Gasteiger charge is -2.26. The van der Waals surface area contributed by atoms with E-state index in [9.17, 15) is 0 Å². The molecule has 0 spiro atoms. The smallest absolute Gasteiger partial charge is 0.166 e. The zero-order chi connectivity index (χ0) is 11.5. The Morgan fingerprint density at radius 3 is 2.38 bits per heavy atom. The molecule has 1 aliphatic heterocycles. The highest BCUT2D eigenvalue weighted by molar-refractivity contribution is 6.40. The number of piperidine rings is 1. The lowest BCUT2D eigenvalue weighted by molar-refractivity contribution is 0.220. The van der Waals surface area contributed by atoms with Crippen molar-refractivity contribution in [1.82, 2.24) is 14.5 Å². The van der Waals surface area contributed by atoms with Crippen molar-refractivity contribution in [3.63, 3.8) is 0 Å². The third kappa shape index (κ3) is 2.70. The van der Waals surface area contributed by atoms with Gasteiger partial charge in [0.05, 0.1) is 0 Å². The summed E-state index contributed by atoms with van der Waals surface area (Å²) < 4.78 is 1.98. The van der Waals surface area contributed by atoms with Gasteiger partial charge < -0.3 is 9.47 Å². The summed E-state index contributed by atoms with van der Waals surface area (Å²) in [6.45, 7) is 6.27. The molecule has 2 rings (SSSR count). The van der Waals surface area contributed by atoms with E-state index in [2.05, 4.69) is 9.88 Å². The molecule has 2 heterocycles. The summed E-state index contributed by atoms with van der Waals surface area (Å²) in [5.74, 6) is 0.895. The molecule has 1 saturated heterocycles. The van der Waals surface area contributed by atoms with Crippen molar-refractivity contribution >= 4 is 23.2 Å². The van der Waals surface area contributed by atoms with Crippen LogP contribution in [0.15, 0.2) is 0 Å². The molecule has 5 heteroatoms. The molecular formula is C11H17Cl2N3. The van der Waals surface area contributed by atoms with E-state index in [-0.39, 0.29) is 0 Å².